The molecule has 0 aliphatic carbocycles. The lowest BCUT2D eigenvalue weighted by molar-refractivity contribution is -0.142. The predicted octanol–water partition coefficient (Wildman–Crippen LogP) is -1.19. The third-order valence-corrected chi connectivity index (χ3v) is 5.93. The smallest absolute Gasteiger partial charge is 0.326 e. The highest BCUT2D eigenvalue weighted by Gasteiger charge is 2.30. The number of aliphatic hydroxyl groups excluding tert-OH is 1. The second-order valence-corrected chi connectivity index (χ2v) is 9.05. The lowest BCUT2D eigenvalue weighted by atomic mass is 10.0. The van der Waals surface area contributed by atoms with Gasteiger partial charge in [0.1, 0.15) is 24.2 Å². The number of aromatic amines is 1. The Labute approximate surface area is 212 Å². The molecule has 3 amide bonds. The number of nitrogens with zero attached hydrogens (tertiary/aromatic N) is 1. The van der Waals surface area contributed by atoms with Crippen molar-refractivity contribution in [3.63, 3.8) is 0 Å². The molecule has 4 unspecified atom stereocenters. The van der Waals surface area contributed by atoms with Crippen LogP contribution in [0.1, 0.15) is 17.7 Å². The number of hydrogen-bond acceptors (Lipinski definition) is 8. The van der Waals surface area contributed by atoms with Crippen LogP contribution in [0.2, 0.25) is 0 Å². The van der Waals surface area contributed by atoms with Gasteiger partial charge < -0.3 is 36.9 Å². The molecule has 13 heteroatoms. The molecule has 12 nitrogen and oxygen atoms in total. The molecular weight excluding hydrogens is 488 g/mol. The molecule has 1 aromatic heterocycles. The zero-order valence-electron chi connectivity index (χ0n) is 19.8. The normalized spacial score (nSPS) is 14.2. The molecular formula is C23H32N6O6S. The van der Waals surface area contributed by atoms with E-state index in [-0.39, 0.29) is 19.3 Å². The minimum absolute atomic E-state index is 0.0179. The van der Waals surface area contributed by atoms with Crippen LogP contribution in [0, 0.1) is 0 Å². The van der Waals surface area contributed by atoms with E-state index in [0.29, 0.717) is 11.4 Å². The average molecular weight is 521 g/mol. The van der Waals surface area contributed by atoms with Crippen molar-refractivity contribution in [1.29, 1.82) is 0 Å². The fraction of sp³-hybridized carbons (Fsp3) is 0.435. The van der Waals surface area contributed by atoms with Crippen LogP contribution in [0.4, 0.5) is 0 Å². The van der Waals surface area contributed by atoms with E-state index in [1.807, 2.05) is 12.3 Å². The second kappa shape index (κ2) is 14.9. The summed E-state index contributed by atoms with van der Waals surface area (Å²) in [6, 6.07) is 4.35. The zero-order valence-corrected chi connectivity index (χ0v) is 20.7. The van der Waals surface area contributed by atoms with E-state index in [2.05, 4.69) is 25.9 Å². The van der Waals surface area contributed by atoms with E-state index in [4.69, 9.17) is 5.73 Å². The highest BCUT2D eigenvalue weighted by atomic mass is 32.2. The van der Waals surface area contributed by atoms with Gasteiger partial charge in [-0.25, -0.2) is 9.78 Å². The van der Waals surface area contributed by atoms with Crippen molar-refractivity contribution in [2.75, 3.05) is 18.6 Å². The third kappa shape index (κ3) is 9.32. The van der Waals surface area contributed by atoms with Crippen LogP contribution in [-0.2, 0) is 32.0 Å². The quantitative estimate of drug-likeness (QED) is 0.151. The van der Waals surface area contributed by atoms with Gasteiger partial charge in [0.2, 0.25) is 17.7 Å². The van der Waals surface area contributed by atoms with E-state index in [9.17, 15) is 29.4 Å². The van der Waals surface area contributed by atoms with Crippen LogP contribution in [0.25, 0.3) is 0 Å². The Kier molecular flexibility index (Phi) is 11.9. The molecule has 0 aliphatic rings. The predicted molar refractivity (Wildman–Crippen MR) is 134 cm³/mol. The van der Waals surface area contributed by atoms with Crippen molar-refractivity contribution in [2.45, 2.75) is 43.4 Å². The fourth-order valence-electron chi connectivity index (χ4n) is 3.29. The SMILES string of the molecule is CSCCC(NC(=O)C(Cc1ccccc1)NC(=O)C(N)CO)C(=O)NC(Cc1cnc[nH]1)C(=O)O. The van der Waals surface area contributed by atoms with E-state index < -0.39 is 54.5 Å². The highest BCUT2D eigenvalue weighted by molar-refractivity contribution is 7.98. The Morgan fingerprint density at radius 3 is 2.22 bits per heavy atom. The summed E-state index contributed by atoms with van der Waals surface area (Å²) in [5.41, 5.74) is 6.87. The lowest BCUT2D eigenvalue weighted by Crippen LogP contribution is -2.58. The van der Waals surface area contributed by atoms with Crippen molar-refractivity contribution < 1.29 is 29.4 Å². The van der Waals surface area contributed by atoms with Crippen molar-refractivity contribution in [2.24, 2.45) is 5.73 Å². The number of carboxylic acids is 1. The number of benzene rings is 1. The molecule has 0 saturated carbocycles. The van der Waals surface area contributed by atoms with Gasteiger partial charge in [0.05, 0.1) is 12.9 Å². The summed E-state index contributed by atoms with van der Waals surface area (Å²) < 4.78 is 0. The summed E-state index contributed by atoms with van der Waals surface area (Å²) in [7, 11) is 0. The molecule has 0 aliphatic heterocycles. The number of carboxylic acid groups (broad SMARTS) is 1. The van der Waals surface area contributed by atoms with Crippen LogP contribution in [0.15, 0.2) is 42.9 Å². The van der Waals surface area contributed by atoms with E-state index in [1.165, 1.54) is 24.3 Å². The molecule has 0 saturated heterocycles. The Morgan fingerprint density at radius 1 is 1.00 bits per heavy atom. The minimum atomic E-state index is -1.24. The number of imidazole rings is 1. The van der Waals surface area contributed by atoms with Gasteiger partial charge in [0, 0.05) is 24.7 Å². The number of aliphatic hydroxyl groups is 1. The molecule has 2 rings (SSSR count). The lowest BCUT2D eigenvalue weighted by Gasteiger charge is -2.25. The summed E-state index contributed by atoms with van der Waals surface area (Å²) in [6.45, 7) is -0.600. The maximum absolute atomic E-state index is 13.2. The first-order chi connectivity index (χ1) is 17.2. The molecule has 4 atom stereocenters. The van der Waals surface area contributed by atoms with Crippen LogP contribution in [0.5, 0.6) is 0 Å². The van der Waals surface area contributed by atoms with E-state index >= 15 is 0 Å². The number of nitrogens with two attached hydrogens (primary N) is 1. The zero-order chi connectivity index (χ0) is 26.5. The number of carbonyl (C=O) groups is 4. The van der Waals surface area contributed by atoms with Gasteiger partial charge >= 0.3 is 5.97 Å². The number of carbonyl (C=O) groups excluding carboxylic acids is 3. The molecule has 0 radical (unpaired) electrons. The van der Waals surface area contributed by atoms with Gasteiger partial charge in [-0.1, -0.05) is 30.3 Å². The molecule has 36 heavy (non-hydrogen) atoms. The first-order valence-corrected chi connectivity index (χ1v) is 12.6. The summed E-state index contributed by atoms with van der Waals surface area (Å²) >= 11 is 1.46. The number of H-pyrrole nitrogens is 1. The summed E-state index contributed by atoms with van der Waals surface area (Å²) in [5, 5.41) is 26.4. The van der Waals surface area contributed by atoms with Crippen LogP contribution < -0.4 is 21.7 Å². The maximum atomic E-state index is 13.2. The van der Waals surface area contributed by atoms with Crippen molar-refractivity contribution in [3.8, 4) is 0 Å². The monoisotopic (exact) mass is 520 g/mol. The van der Waals surface area contributed by atoms with Gasteiger partial charge in [-0.3, -0.25) is 14.4 Å². The second-order valence-electron chi connectivity index (χ2n) is 8.06. The minimum Gasteiger partial charge on any atom is -0.480 e. The topological polar surface area (TPSA) is 200 Å². The van der Waals surface area contributed by atoms with Crippen molar-refractivity contribution >= 4 is 35.5 Å². The maximum Gasteiger partial charge on any atom is 0.326 e. The van der Waals surface area contributed by atoms with Crippen LogP contribution in [-0.4, -0.2) is 86.7 Å². The van der Waals surface area contributed by atoms with E-state index in [1.54, 1.807) is 24.3 Å². The molecule has 0 bridgehead atoms. The molecule has 0 spiro atoms. The number of amides is 3. The number of hydrogen-bond donors (Lipinski definition) is 7. The van der Waals surface area contributed by atoms with Gasteiger partial charge in [0.15, 0.2) is 0 Å². The summed E-state index contributed by atoms with van der Waals surface area (Å²) in [6.07, 6.45) is 5.03. The number of nitrogens with one attached hydrogen (secondary N) is 4. The van der Waals surface area contributed by atoms with Gasteiger partial charge in [-0.15, -0.1) is 0 Å². The average Bonchev–Trinajstić information content (AvgIpc) is 3.38. The first-order valence-electron chi connectivity index (χ1n) is 11.3. The van der Waals surface area contributed by atoms with E-state index in [0.717, 1.165) is 5.56 Å². The molecule has 1 heterocycles. The molecule has 196 valence electrons. The Balaban J connectivity index is 2.17. The highest BCUT2D eigenvalue weighted by Crippen LogP contribution is 2.08. The Morgan fingerprint density at radius 2 is 1.64 bits per heavy atom. The van der Waals surface area contributed by atoms with Gasteiger partial charge in [0.25, 0.3) is 0 Å². The molecule has 8 N–H and O–H groups in total. The van der Waals surface area contributed by atoms with Gasteiger partial charge in [-0.05, 0) is 24.0 Å². The van der Waals surface area contributed by atoms with Crippen molar-refractivity contribution in [1.82, 2.24) is 25.9 Å². The molecule has 2 aromatic rings. The standard InChI is InChI=1S/C23H32N6O6S/c1-36-8-7-17(21(32)29-19(23(34)35)10-15-11-25-13-26-15)27-22(33)18(28-20(31)16(24)12-30)9-14-5-3-2-4-6-14/h2-6,11,13,16-19,30H,7-10,12,24H2,1H3,(H,25,26)(H,27,33)(H,28,31)(H,29,32)(H,34,35). The first kappa shape index (κ1) is 28.8. The number of aliphatic carboxylic acids is 1. The largest absolute Gasteiger partial charge is 0.480 e. The molecule has 1 aromatic carbocycles. The summed E-state index contributed by atoms with van der Waals surface area (Å²) in [5.74, 6) is -2.74. The molecule has 0 fully saturated rings. The Bertz CT molecular complexity index is 990. The number of aromatic nitrogens is 2. The van der Waals surface area contributed by atoms with Crippen LogP contribution >= 0.6 is 11.8 Å². The van der Waals surface area contributed by atoms with Crippen LogP contribution in [0.3, 0.4) is 0 Å². The number of thioether (sulfide) groups is 1. The summed E-state index contributed by atoms with van der Waals surface area (Å²) in [4.78, 5) is 56.9. The fourth-order valence-corrected chi connectivity index (χ4v) is 3.76. The van der Waals surface area contributed by atoms with Crippen molar-refractivity contribution in [3.05, 3.63) is 54.1 Å². The third-order valence-electron chi connectivity index (χ3n) is 5.29. The number of rotatable bonds is 15. The Hall–Kier alpha value is -3.42. The van der Waals surface area contributed by atoms with Gasteiger partial charge in [-0.2, -0.15) is 11.8 Å².